The van der Waals surface area contributed by atoms with E-state index in [-0.39, 0.29) is 32.7 Å². The minimum Gasteiger partial charge on any atom is -0.587 e. The third kappa shape index (κ3) is 14.6. The van der Waals surface area contributed by atoms with Gasteiger partial charge in [0.25, 0.3) is 0 Å². The van der Waals surface area contributed by atoms with Crippen LogP contribution in [-0.4, -0.2) is 27.9 Å². The second-order valence-corrected chi connectivity index (χ2v) is 8.81. The standard InChI is InChI=1S/C29H44NO4.Y/c1-22(2)12-9-13-23(3)14-10-15-24(4)16-11-17-25(5)18-19-30-34-26-20-27(31-6)29(33-8)28(21-26)32-7;/h12,14,16,18,20-21H,9-11,13,15,17,19H2,1-8H3;/q-1;/b23-14+,24-16+,25-18+;. The molecule has 0 saturated carbocycles. The van der Waals surface area contributed by atoms with Gasteiger partial charge in [0.2, 0.25) is 5.75 Å². The largest absolute Gasteiger partial charge is 0.587 e. The van der Waals surface area contributed by atoms with Crippen molar-refractivity contribution in [2.75, 3.05) is 27.9 Å². The van der Waals surface area contributed by atoms with E-state index in [4.69, 9.17) is 19.0 Å². The Bertz CT molecular complexity index is 842. The molecular weight excluding hydrogens is 515 g/mol. The average Bonchev–Trinajstić information content (AvgIpc) is 2.80. The minimum atomic E-state index is 0. The number of nitrogens with zero attached hydrogens (tertiary/aromatic N) is 1. The Balaban J connectivity index is 0.0000116. The molecule has 35 heavy (non-hydrogen) atoms. The summed E-state index contributed by atoms with van der Waals surface area (Å²) in [5.41, 5.74) is 9.81. The molecule has 1 rings (SSSR count). The number of ether oxygens (including phenoxy) is 3. The van der Waals surface area contributed by atoms with Gasteiger partial charge in [-0.25, -0.2) is 0 Å². The zero-order chi connectivity index (χ0) is 25.3. The summed E-state index contributed by atoms with van der Waals surface area (Å²) in [4.78, 5) is 5.53. The fourth-order valence-corrected chi connectivity index (χ4v) is 3.40. The van der Waals surface area contributed by atoms with Crippen molar-refractivity contribution in [3.63, 3.8) is 0 Å². The van der Waals surface area contributed by atoms with Gasteiger partial charge >= 0.3 is 0 Å². The number of hydroxylamine groups is 1. The summed E-state index contributed by atoms with van der Waals surface area (Å²) < 4.78 is 16.0. The summed E-state index contributed by atoms with van der Waals surface area (Å²) in [5.74, 6) is 2.15. The molecule has 1 aromatic rings. The van der Waals surface area contributed by atoms with Gasteiger partial charge in [-0.3, -0.25) is 0 Å². The number of rotatable bonds is 16. The number of hydrogen-bond donors (Lipinski definition) is 0. The van der Waals surface area contributed by atoms with Gasteiger partial charge in [0.15, 0.2) is 11.5 Å². The van der Waals surface area contributed by atoms with Gasteiger partial charge in [-0.15, -0.1) is 12.6 Å². The second-order valence-electron chi connectivity index (χ2n) is 8.81. The molecule has 0 bridgehead atoms. The Labute approximate surface area is 238 Å². The third-order valence-corrected chi connectivity index (χ3v) is 5.48. The molecule has 0 aromatic heterocycles. The van der Waals surface area contributed by atoms with Gasteiger partial charge in [-0.05, 0) is 73.1 Å². The molecule has 0 amide bonds. The van der Waals surface area contributed by atoms with Crippen molar-refractivity contribution >= 4 is 0 Å². The molecular formula is C29H44NO4Y-. The maximum absolute atomic E-state index is 5.53. The molecule has 0 spiro atoms. The molecule has 0 aliphatic heterocycles. The summed E-state index contributed by atoms with van der Waals surface area (Å²) in [7, 11) is 4.72. The first-order chi connectivity index (χ1) is 16.3. The SMILES string of the molecule is COc1cc(O[N-]C/C=C(\C)CC/C=C(\C)CC/C=C(\C)CCC=C(C)C)cc(OC)c1OC.[Y]. The number of methoxy groups -OCH3 is 3. The molecule has 0 N–H and O–H groups in total. The topological polar surface area (TPSA) is 51.0 Å². The molecule has 0 fully saturated rings. The van der Waals surface area contributed by atoms with Crippen LogP contribution in [0.25, 0.3) is 5.48 Å². The number of benzene rings is 1. The van der Waals surface area contributed by atoms with Crippen LogP contribution in [0.2, 0.25) is 0 Å². The summed E-state index contributed by atoms with van der Waals surface area (Å²) in [5, 5.41) is 0. The molecule has 0 unspecified atom stereocenters. The van der Waals surface area contributed by atoms with Crippen molar-refractivity contribution in [2.24, 2.45) is 0 Å². The molecule has 5 nitrogen and oxygen atoms in total. The zero-order valence-electron chi connectivity index (χ0n) is 23.1. The predicted molar refractivity (Wildman–Crippen MR) is 143 cm³/mol. The average molecular weight is 560 g/mol. The first kappa shape index (κ1) is 33.4. The van der Waals surface area contributed by atoms with Gasteiger partial charge in [0.1, 0.15) is 5.75 Å². The van der Waals surface area contributed by atoms with Crippen molar-refractivity contribution in [1.29, 1.82) is 0 Å². The molecule has 1 aromatic carbocycles. The Morgan fingerprint density at radius 2 is 1.14 bits per heavy atom. The van der Waals surface area contributed by atoms with Crippen molar-refractivity contribution < 1.29 is 51.8 Å². The van der Waals surface area contributed by atoms with Gasteiger partial charge in [0, 0.05) is 44.8 Å². The van der Waals surface area contributed by atoms with Crippen LogP contribution in [0.3, 0.4) is 0 Å². The van der Waals surface area contributed by atoms with E-state index in [9.17, 15) is 0 Å². The summed E-state index contributed by atoms with van der Waals surface area (Å²) in [6.07, 6.45) is 15.8. The first-order valence-corrected chi connectivity index (χ1v) is 12.0. The maximum Gasteiger partial charge on any atom is 0.203 e. The van der Waals surface area contributed by atoms with Crippen LogP contribution in [0.1, 0.15) is 73.1 Å². The monoisotopic (exact) mass is 559 g/mol. The minimum absolute atomic E-state index is 0. The molecule has 0 heterocycles. The van der Waals surface area contributed by atoms with Crippen molar-refractivity contribution in [2.45, 2.75) is 73.1 Å². The summed E-state index contributed by atoms with van der Waals surface area (Å²) >= 11 is 0. The van der Waals surface area contributed by atoms with Crippen LogP contribution in [0, 0.1) is 0 Å². The smallest absolute Gasteiger partial charge is 0.203 e. The van der Waals surface area contributed by atoms with Gasteiger partial charge < -0.3 is 24.5 Å². The van der Waals surface area contributed by atoms with E-state index >= 15 is 0 Å². The molecule has 0 atom stereocenters. The quantitative estimate of drug-likeness (QED) is 0.116. The van der Waals surface area contributed by atoms with E-state index in [2.05, 4.69) is 64.4 Å². The number of hydrogen-bond acceptors (Lipinski definition) is 4. The van der Waals surface area contributed by atoms with Gasteiger partial charge in [0.05, 0.1) is 21.3 Å². The van der Waals surface area contributed by atoms with E-state index in [0.29, 0.717) is 29.5 Å². The Hall–Kier alpha value is -1.56. The normalized spacial score (nSPS) is 12.1. The zero-order valence-corrected chi connectivity index (χ0v) is 25.9. The van der Waals surface area contributed by atoms with E-state index in [1.807, 2.05) is 0 Å². The molecule has 1 radical (unpaired) electrons. The van der Waals surface area contributed by atoms with E-state index in [0.717, 1.165) is 38.5 Å². The van der Waals surface area contributed by atoms with Crippen molar-refractivity contribution in [3.05, 3.63) is 64.2 Å². The first-order valence-electron chi connectivity index (χ1n) is 12.0. The molecule has 0 aliphatic rings. The Morgan fingerprint density at radius 1 is 0.686 bits per heavy atom. The maximum atomic E-state index is 5.53. The van der Waals surface area contributed by atoms with E-state index in [1.165, 1.54) is 22.3 Å². The second kappa shape index (κ2) is 19.6. The van der Waals surface area contributed by atoms with Gasteiger partial charge in [-0.2, -0.15) is 0 Å². The fourth-order valence-electron chi connectivity index (χ4n) is 3.40. The van der Waals surface area contributed by atoms with Crippen LogP contribution >= 0.6 is 0 Å². The fraction of sp³-hybridized carbons (Fsp3) is 0.517. The van der Waals surface area contributed by atoms with Crippen LogP contribution in [0.4, 0.5) is 0 Å². The molecule has 193 valence electrons. The summed E-state index contributed by atoms with van der Waals surface area (Å²) in [6, 6.07) is 3.46. The van der Waals surface area contributed by atoms with Crippen LogP contribution in [0.5, 0.6) is 23.0 Å². The Morgan fingerprint density at radius 3 is 1.57 bits per heavy atom. The predicted octanol–water partition coefficient (Wildman–Crippen LogP) is 8.52. The van der Waals surface area contributed by atoms with Crippen molar-refractivity contribution in [3.8, 4) is 23.0 Å². The van der Waals surface area contributed by atoms with Crippen LogP contribution in [0.15, 0.2) is 58.7 Å². The molecule has 0 aliphatic carbocycles. The summed E-state index contributed by atoms with van der Waals surface area (Å²) in [6.45, 7) is 11.4. The van der Waals surface area contributed by atoms with Crippen LogP contribution in [-0.2, 0) is 32.7 Å². The van der Waals surface area contributed by atoms with Crippen LogP contribution < -0.4 is 19.0 Å². The molecule has 0 saturated heterocycles. The van der Waals surface area contributed by atoms with Gasteiger partial charge in [-0.1, -0.05) is 40.5 Å². The van der Waals surface area contributed by atoms with E-state index in [1.54, 1.807) is 33.5 Å². The third-order valence-electron chi connectivity index (χ3n) is 5.48. The number of allylic oxidation sites excluding steroid dienone is 7. The Kier molecular flexibility index (Phi) is 18.7. The molecule has 6 heteroatoms. The van der Waals surface area contributed by atoms with Crippen molar-refractivity contribution in [1.82, 2.24) is 0 Å². The van der Waals surface area contributed by atoms with E-state index < -0.39 is 0 Å².